The number of aliphatic hydroxyl groups excluding tert-OH is 1. The third-order valence-corrected chi connectivity index (χ3v) is 3.03. The molecule has 0 radical (unpaired) electrons. The molecule has 0 atom stereocenters. The van der Waals surface area contributed by atoms with Crippen molar-refractivity contribution in [2.24, 2.45) is 0 Å². The second kappa shape index (κ2) is 5.50. The highest BCUT2D eigenvalue weighted by atomic mass is 79.9. The van der Waals surface area contributed by atoms with E-state index in [-0.39, 0.29) is 12.4 Å². The first-order valence-electron chi connectivity index (χ1n) is 5.43. The van der Waals surface area contributed by atoms with Crippen molar-refractivity contribution >= 4 is 15.9 Å². The minimum atomic E-state index is -0.421. The molecule has 2 rings (SSSR count). The lowest BCUT2D eigenvalue weighted by Crippen LogP contribution is -1.92. The number of hydrogen-bond donors (Lipinski definition) is 1. The van der Waals surface area contributed by atoms with E-state index in [1.807, 2.05) is 13.0 Å². The van der Waals surface area contributed by atoms with Crippen LogP contribution in [-0.4, -0.2) is 5.11 Å². The van der Waals surface area contributed by atoms with Crippen LogP contribution in [0, 0.1) is 12.7 Å². The lowest BCUT2D eigenvalue weighted by molar-refractivity contribution is 0.281. The molecular weight excluding hydrogens is 299 g/mol. The highest BCUT2D eigenvalue weighted by Gasteiger charge is 2.07. The third kappa shape index (κ3) is 2.89. The van der Waals surface area contributed by atoms with Crippen LogP contribution in [0.5, 0.6) is 11.5 Å². The van der Waals surface area contributed by atoms with Crippen molar-refractivity contribution in [1.82, 2.24) is 0 Å². The average Bonchev–Trinajstić information content (AvgIpc) is 2.34. The molecule has 0 saturated carbocycles. The van der Waals surface area contributed by atoms with Gasteiger partial charge in [-0.05, 0) is 42.3 Å². The van der Waals surface area contributed by atoms with E-state index in [1.165, 1.54) is 6.07 Å². The highest BCUT2D eigenvalue weighted by Crippen LogP contribution is 2.29. The van der Waals surface area contributed by atoms with Crippen LogP contribution in [0.15, 0.2) is 40.9 Å². The van der Waals surface area contributed by atoms with Crippen molar-refractivity contribution in [1.29, 1.82) is 0 Å². The summed E-state index contributed by atoms with van der Waals surface area (Å²) in [5, 5.41) is 9.01. The molecule has 0 fully saturated rings. The van der Waals surface area contributed by atoms with E-state index in [0.717, 1.165) is 11.1 Å². The Hall–Kier alpha value is -1.39. The van der Waals surface area contributed by atoms with E-state index in [2.05, 4.69) is 15.9 Å². The molecule has 18 heavy (non-hydrogen) atoms. The molecular formula is C14H12BrFO2. The molecule has 0 heterocycles. The average molecular weight is 311 g/mol. The van der Waals surface area contributed by atoms with Crippen molar-refractivity contribution in [3.63, 3.8) is 0 Å². The van der Waals surface area contributed by atoms with Crippen molar-refractivity contribution in [3.05, 3.63) is 57.8 Å². The van der Waals surface area contributed by atoms with Gasteiger partial charge in [-0.25, -0.2) is 4.39 Å². The zero-order chi connectivity index (χ0) is 13.1. The first-order valence-corrected chi connectivity index (χ1v) is 6.23. The molecule has 2 aromatic carbocycles. The quantitative estimate of drug-likeness (QED) is 0.921. The maximum atomic E-state index is 13.6. The molecule has 0 saturated heterocycles. The topological polar surface area (TPSA) is 29.5 Å². The highest BCUT2D eigenvalue weighted by molar-refractivity contribution is 9.10. The molecule has 0 bridgehead atoms. The van der Waals surface area contributed by atoms with Crippen LogP contribution in [0.25, 0.3) is 0 Å². The van der Waals surface area contributed by atoms with Gasteiger partial charge in [0, 0.05) is 4.47 Å². The Morgan fingerprint density at radius 2 is 1.89 bits per heavy atom. The number of benzene rings is 2. The number of halogens is 2. The largest absolute Gasteiger partial charge is 0.454 e. The minimum Gasteiger partial charge on any atom is -0.454 e. The van der Waals surface area contributed by atoms with Gasteiger partial charge in [-0.15, -0.1) is 0 Å². The maximum Gasteiger partial charge on any atom is 0.166 e. The van der Waals surface area contributed by atoms with E-state index in [1.54, 1.807) is 24.3 Å². The lowest BCUT2D eigenvalue weighted by atomic mass is 10.1. The number of hydrogen-bond acceptors (Lipinski definition) is 2. The summed E-state index contributed by atoms with van der Waals surface area (Å²) in [5.41, 5.74) is 1.65. The number of aryl methyl sites for hydroxylation is 1. The lowest BCUT2D eigenvalue weighted by Gasteiger charge is -2.10. The zero-order valence-electron chi connectivity index (χ0n) is 9.78. The molecule has 2 nitrogen and oxygen atoms in total. The Morgan fingerprint density at radius 1 is 1.17 bits per heavy atom. The SMILES string of the molecule is Cc1cc(CO)ccc1Oc1ccc(Br)cc1F. The Balaban J connectivity index is 2.28. The van der Waals surface area contributed by atoms with Crippen molar-refractivity contribution in [2.45, 2.75) is 13.5 Å². The minimum absolute atomic E-state index is 0.0201. The van der Waals surface area contributed by atoms with Crippen LogP contribution in [0.1, 0.15) is 11.1 Å². The van der Waals surface area contributed by atoms with Gasteiger partial charge >= 0.3 is 0 Å². The van der Waals surface area contributed by atoms with Crippen LogP contribution in [0.2, 0.25) is 0 Å². The van der Waals surface area contributed by atoms with Gasteiger partial charge in [0.2, 0.25) is 0 Å². The van der Waals surface area contributed by atoms with Gasteiger partial charge in [0.15, 0.2) is 11.6 Å². The molecule has 0 spiro atoms. The van der Waals surface area contributed by atoms with E-state index in [4.69, 9.17) is 9.84 Å². The van der Waals surface area contributed by atoms with E-state index in [0.29, 0.717) is 10.2 Å². The fourth-order valence-electron chi connectivity index (χ4n) is 1.60. The van der Waals surface area contributed by atoms with Gasteiger partial charge in [-0.2, -0.15) is 0 Å². The molecule has 0 aliphatic heterocycles. The Bertz CT molecular complexity index is 570. The summed E-state index contributed by atoms with van der Waals surface area (Å²) in [5.74, 6) is 0.335. The molecule has 0 aliphatic rings. The first kappa shape index (κ1) is 13.1. The van der Waals surface area contributed by atoms with Gasteiger partial charge in [0.05, 0.1) is 6.61 Å². The van der Waals surface area contributed by atoms with Crippen LogP contribution >= 0.6 is 15.9 Å². The summed E-state index contributed by atoms with van der Waals surface area (Å²) in [6.45, 7) is 1.83. The molecule has 0 aromatic heterocycles. The van der Waals surface area contributed by atoms with Crippen molar-refractivity contribution in [2.75, 3.05) is 0 Å². The van der Waals surface area contributed by atoms with E-state index < -0.39 is 5.82 Å². The monoisotopic (exact) mass is 310 g/mol. The van der Waals surface area contributed by atoms with Crippen molar-refractivity contribution in [3.8, 4) is 11.5 Å². The van der Waals surface area contributed by atoms with Gasteiger partial charge in [0.1, 0.15) is 5.75 Å². The fourth-order valence-corrected chi connectivity index (χ4v) is 1.93. The molecule has 0 unspecified atom stereocenters. The predicted octanol–water partition coefficient (Wildman–Crippen LogP) is 4.18. The fraction of sp³-hybridized carbons (Fsp3) is 0.143. The van der Waals surface area contributed by atoms with Crippen LogP contribution in [0.3, 0.4) is 0 Å². The summed E-state index contributed by atoms with van der Waals surface area (Å²) in [4.78, 5) is 0. The number of rotatable bonds is 3. The summed E-state index contributed by atoms with van der Waals surface area (Å²) < 4.78 is 19.8. The predicted molar refractivity (Wildman–Crippen MR) is 71.3 cm³/mol. The third-order valence-electron chi connectivity index (χ3n) is 2.54. The molecule has 4 heteroatoms. The Kier molecular flexibility index (Phi) is 3.99. The standard InChI is InChI=1S/C14H12BrFO2/c1-9-6-10(8-17)2-4-13(9)18-14-5-3-11(15)7-12(14)16/h2-7,17H,8H2,1H3. The van der Waals surface area contributed by atoms with Crippen molar-refractivity contribution < 1.29 is 14.2 Å². The maximum absolute atomic E-state index is 13.6. The molecule has 94 valence electrons. The summed E-state index contributed by atoms with van der Waals surface area (Å²) in [7, 11) is 0. The second-order valence-electron chi connectivity index (χ2n) is 3.93. The summed E-state index contributed by atoms with van der Waals surface area (Å²) in [6, 6.07) is 9.93. The van der Waals surface area contributed by atoms with Gasteiger partial charge in [0.25, 0.3) is 0 Å². The molecule has 1 N–H and O–H groups in total. The number of ether oxygens (including phenoxy) is 1. The van der Waals surface area contributed by atoms with Crippen LogP contribution in [0.4, 0.5) is 4.39 Å². The Labute approximate surface area is 113 Å². The van der Waals surface area contributed by atoms with Crippen LogP contribution in [-0.2, 0) is 6.61 Å². The summed E-state index contributed by atoms with van der Waals surface area (Å²) in [6.07, 6.45) is 0. The van der Waals surface area contributed by atoms with Gasteiger partial charge in [-0.1, -0.05) is 28.1 Å². The zero-order valence-corrected chi connectivity index (χ0v) is 11.4. The summed E-state index contributed by atoms with van der Waals surface area (Å²) >= 11 is 3.19. The molecule has 0 aliphatic carbocycles. The number of aliphatic hydroxyl groups is 1. The van der Waals surface area contributed by atoms with Crippen LogP contribution < -0.4 is 4.74 Å². The molecule has 0 amide bonds. The van der Waals surface area contributed by atoms with Gasteiger partial charge < -0.3 is 9.84 Å². The Morgan fingerprint density at radius 3 is 2.50 bits per heavy atom. The second-order valence-corrected chi connectivity index (χ2v) is 4.85. The van der Waals surface area contributed by atoms with Gasteiger partial charge in [-0.3, -0.25) is 0 Å². The van der Waals surface area contributed by atoms with E-state index >= 15 is 0 Å². The smallest absolute Gasteiger partial charge is 0.166 e. The normalized spacial score (nSPS) is 10.4. The molecule has 2 aromatic rings. The van der Waals surface area contributed by atoms with E-state index in [9.17, 15) is 4.39 Å². The first-order chi connectivity index (χ1) is 8.60.